The molecule has 98 valence electrons. The fourth-order valence-corrected chi connectivity index (χ4v) is 1.80. The van der Waals surface area contributed by atoms with Gasteiger partial charge in [0.15, 0.2) is 0 Å². The molecule has 2 N–H and O–H groups in total. The Balaban J connectivity index is 2.15. The van der Waals surface area contributed by atoms with Gasteiger partial charge in [-0.05, 0) is 36.8 Å². The number of nitrogens with zero attached hydrogens (tertiary/aromatic N) is 1. The maximum atomic E-state index is 10.9. The van der Waals surface area contributed by atoms with Crippen LogP contribution in [0.15, 0.2) is 36.5 Å². The number of carbonyl (C=O) groups is 1. The van der Waals surface area contributed by atoms with Crippen molar-refractivity contribution < 1.29 is 4.79 Å². The van der Waals surface area contributed by atoms with Crippen molar-refractivity contribution in [3.63, 3.8) is 0 Å². The number of carbonyl (C=O) groups excluding carboxylic acids is 1. The lowest BCUT2D eigenvalue weighted by Crippen LogP contribution is -2.06. The second kappa shape index (κ2) is 5.71. The topological polar surface area (TPSA) is 54.0 Å². The van der Waals surface area contributed by atoms with Crippen LogP contribution in [0.2, 0.25) is 5.02 Å². The van der Waals surface area contributed by atoms with Gasteiger partial charge >= 0.3 is 0 Å². The molecule has 0 bridgehead atoms. The van der Waals surface area contributed by atoms with Crippen molar-refractivity contribution >= 4 is 34.7 Å². The summed E-state index contributed by atoms with van der Waals surface area (Å²) in [5.74, 6) is 0.577. The Morgan fingerprint density at radius 2 is 2.05 bits per heavy atom. The van der Waals surface area contributed by atoms with Crippen LogP contribution in [-0.4, -0.2) is 10.9 Å². The molecule has 1 aromatic carbocycles. The predicted molar refractivity (Wildman–Crippen MR) is 78.0 cm³/mol. The van der Waals surface area contributed by atoms with Gasteiger partial charge in [-0.3, -0.25) is 4.79 Å². The lowest BCUT2D eigenvalue weighted by Gasteiger charge is -2.10. The molecule has 2 rings (SSSR count). The first-order chi connectivity index (χ1) is 9.06. The van der Waals surface area contributed by atoms with E-state index in [1.807, 2.05) is 25.1 Å². The van der Waals surface area contributed by atoms with E-state index < -0.39 is 0 Å². The Morgan fingerprint density at radius 3 is 2.68 bits per heavy atom. The van der Waals surface area contributed by atoms with Gasteiger partial charge in [-0.1, -0.05) is 17.7 Å². The Bertz CT molecular complexity index is 596. The number of hydrogen-bond donors (Lipinski definition) is 2. The molecular formula is C14H14ClN3O. The van der Waals surface area contributed by atoms with E-state index in [0.717, 1.165) is 11.3 Å². The number of amides is 1. The molecule has 0 atom stereocenters. The van der Waals surface area contributed by atoms with Gasteiger partial charge in [0.1, 0.15) is 5.82 Å². The number of pyridine rings is 1. The highest BCUT2D eigenvalue weighted by atomic mass is 35.5. The molecule has 0 aliphatic carbocycles. The molecule has 0 saturated carbocycles. The molecule has 0 aliphatic heterocycles. The Kier molecular flexibility index (Phi) is 4.02. The van der Waals surface area contributed by atoms with Gasteiger partial charge in [-0.25, -0.2) is 4.98 Å². The molecule has 0 fully saturated rings. The minimum Gasteiger partial charge on any atom is -0.340 e. The molecule has 4 nitrogen and oxygen atoms in total. The number of benzene rings is 1. The van der Waals surface area contributed by atoms with Gasteiger partial charge < -0.3 is 10.6 Å². The number of rotatable bonds is 3. The lowest BCUT2D eigenvalue weighted by atomic mass is 10.2. The number of hydrogen-bond acceptors (Lipinski definition) is 3. The SMILES string of the molecule is CC(=O)Nc1ccc(Nc2cccc(Cl)c2C)nc1. The fourth-order valence-electron chi connectivity index (χ4n) is 1.63. The average Bonchev–Trinajstić information content (AvgIpc) is 2.37. The second-order valence-corrected chi connectivity index (χ2v) is 4.56. The number of nitrogens with one attached hydrogen (secondary N) is 2. The Labute approximate surface area is 116 Å². The van der Waals surface area contributed by atoms with Crippen molar-refractivity contribution in [3.05, 3.63) is 47.1 Å². The van der Waals surface area contributed by atoms with E-state index in [2.05, 4.69) is 15.6 Å². The van der Waals surface area contributed by atoms with Crippen molar-refractivity contribution in [2.24, 2.45) is 0 Å². The molecule has 1 aromatic heterocycles. The second-order valence-electron chi connectivity index (χ2n) is 4.15. The molecule has 0 radical (unpaired) electrons. The molecule has 0 aliphatic rings. The van der Waals surface area contributed by atoms with Crippen LogP contribution in [0, 0.1) is 6.92 Å². The number of halogens is 1. The minimum absolute atomic E-state index is 0.117. The van der Waals surface area contributed by atoms with Crippen LogP contribution < -0.4 is 10.6 Å². The zero-order valence-electron chi connectivity index (χ0n) is 10.7. The summed E-state index contributed by atoms with van der Waals surface area (Å²) in [6, 6.07) is 9.24. The predicted octanol–water partition coefficient (Wildman–Crippen LogP) is 3.75. The third-order valence-electron chi connectivity index (χ3n) is 2.61. The van der Waals surface area contributed by atoms with E-state index >= 15 is 0 Å². The third-order valence-corrected chi connectivity index (χ3v) is 3.02. The van der Waals surface area contributed by atoms with Crippen molar-refractivity contribution in [2.45, 2.75) is 13.8 Å². The normalized spacial score (nSPS) is 10.1. The summed E-state index contributed by atoms with van der Waals surface area (Å²) in [5.41, 5.74) is 2.55. The van der Waals surface area contributed by atoms with Crippen LogP contribution >= 0.6 is 11.6 Å². The maximum Gasteiger partial charge on any atom is 0.221 e. The van der Waals surface area contributed by atoms with Gasteiger partial charge in [0.25, 0.3) is 0 Å². The maximum absolute atomic E-state index is 10.9. The quantitative estimate of drug-likeness (QED) is 0.897. The van der Waals surface area contributed by atoms with Crippen LogP contribution in [0.4, 0.5) is 17.2 Å². The monoisotopic (exact) mass is 275 g/mol. The molecule has 2 aromatic rings. The van der Waals surface area contributed by atoms with Gasteiger partial charge in [0, 0.05) is 17.6 Å². The summed E-state index contributed by atoms with van der Waals surface area (Å²) in [7, 11) is 0. The molecule has 0 saturated heterocycles. The van der Waals surface area contributed by atoms with E-state index in [0.29, 0.717) is 16.5 Å². The molecule has 19 heavy (non-hydrogen) atoms. The van der Waals surface area contributed by atoms with Crippen LogP contribution in [0.1, 0.15) is 12.5 Å². The smallest absolute Gasteiger partial charge is 0.221 e. The lowest BCUT2D eigenvalue weighted by molar-refractivity contribution is -0.114. The summed E-state index contributed by atoms with van der Waals surface area (Å²) in [6.07, 6.45) is 1.60. The van der Waals surface area contributed by atoms with Gasteiger partial charge in [-0.2, -0.15) is 0 Å². The summed E-state index contributed by atoms with van der Waals surface area (Å²) in [4.78, 5) is 15.1. The first-order valence-electron chi connectivity index (χ1n) is 5.82. The first-order valence-corrected chi connectivity index (χ1v) is 6.20. The highest BCUT2D eigenvalue weighted by Crippen LogP contribution is 2.25. The highest BCUT2D eigenvalue weighted by Gasteiger charge is 2.03. The molecule has 1 amide bonds. The van der Waals surface area contributed by atoms with E-state index in [-0.39, 0.29) is 5.91 Å². The molecule has 0 unspecified atom stereocenters. The van der Waals surface area contributed by atoms with Crippen molar-refractivity contribution in [2.75, 3.05) is 10.6 Å². The Hall–Kier alpha value is -2.07. The largest absolute Gasteiger partial charge is 0.340 e. The highest BCUT2D eigenvalue weighted by molar-refractivity contribution is 6.31. The van der Waals surface area contributed by atoms with Crippen molar-refractivity contribution in [1.82, 2.24) is 4.98 Å². The van der Waals surface area contributed by atoms with Crippen LogP contribution in [0.25, 0.3) is 0 Å². The van der Waals surface area contributed by atoms with Crippen molar-refractivity contribution in [1.29, 1.82) is 0 Å². The zero-order chi connectivity index (χ0) is 13.8. The van der Waals surface area contributed by atoms with E-state index in [9.17, 15) is 4.79 Å². The molecule has 1 heterocycles. The summed E-state index contributed by atoms with van der Waals surface area (Å²) in [5, 5.41) is 6.56. The van der Waals surface area contributed by atoms with Gasteiger partial charge in [0.2, 0.25) is 5.91 Å². The van der Waals surface area contributed by atoms with Crippen LogP contribution in [0.3, 0.4) is 0 Å². The van der Waals surface area contributed by atoms with Crippen LogP contribution in [0.5, 0.6) is 0 Å². The van der Waals surface area contributed by atoms with E-state index in [1.165, 1.54) is 6.92 Å². The fraction of sp³-hybridized carbons (Fsp3) is 0.143. The first kappa shape index (κ1) is 13.4. The average molecular weight is 276 g/mol. The zero-order valence-corrected chi connectivity index (χ0v) is 11.5. The summed E-state index contributed by atoms with van der Waals surface area (Å²) in [6.45, 7) is 3.40. The molecular weight excluding hydrogens is 262 g/mol. The van der Waals surface area contributed by atoms with Crippen molar-refractivity contribution in [3.8, 4) is 0 Å². The summed E-state index contributed by atoms with van der Waals surface area (Å²) >= 11 is 6.05. The number of anilines is 3. The van der Waals surface area contributed by atoms with Gasteiger partial charge in [-0.15, -0.1) is 0 Å². The van der Waals surface area contributed by atoms with Gasteiger partial charge in [0.05, 0.1) is 11.9 Å². The van der Waals surface area contributed by atoms with E-state index in [4.69, 9.17) is 11.6 Å². The third kappa shape index (κ3) is 3.45. The number of aromatic nitrogens is 1. The molecule has 5 heteroatoms. The standard InChI is InChI=1S/C14H14ClN3O/c1-9-12(15)4-3-5-13(9)18-14-7-6-11(8-16-14)17-10(2)19/h3-8H,1-2H3,(H,16,18)(H,17,19). The molecule has 0 spiro atoms. The summed E-state index contributed by atoms with van der Waals surface area (Å²) < 4.78 is 0. The Morgan fingerprint density at radius 1 is 1.26 bits per heavy atom. The van der Waals surface area contributed by atoms with Crippen LogP contribution in [-0.2, 0) is 4.79 Å². The minimum atomic E-state index is -0.117. The van der Waals surface area contributed by atoms with E-state index in [1.54, 1.807) is 18.3 Å².